The van der Waals surface area contributed by atoms with Crippen molar-refractivity contribution in [2.24, 2.45) is 0 Å². The van der Waals surface area contributed by atoms with Gasteiger partial charge < -0.3 is 4.74 Å². The first-order valence-corrected chi connectivity index (χ1v) is 5.27. The molecule has 0 amide bonds. The molecule has 78 valence electrons. The molecule has 2 heteroatoms. The zero-order valence-electron chi connectivity index (χ0n) is 8.84. The van der Waals surface area contributed by atoms with Crippen LogP contribution in [0, 0.1) is 0 Å². The minimum Gasteiger partial charge on any atom is -0.458 e. The van der Waals surface area contributed by atoms with Crippen LogP contribution in [0.5, 0.6) is 0 Å². The quantitative estimate of drug-likeness (QED) is 0.369. The van der Waals surface area contributed by atoms with E-state index in [2.05, 4.69) is 13.5 Å². The minimum absolute atomic E-state index is 0.165. The van der Waals surface area contributed by atoms with Gasteiger partial charge in [-0.2, -0.15) is 0 Å². The largest absolute Gasteiger partial charge is 0.458 e. The van der Waals surface area contributed by atoms with Crippen LogP contribution in [-0.2, 0) is 9.53 Å². The lowest BCUT2D eigenvalue weighted by Gasteiger charge is -2.04. The number of unbranched alkanes of at least 4 members (excludes halogenated alkanes) is 2. The summed E-state index contributed by atoms with van der Waals surface area (Å²) in [5.41, 5.74) is 1.93. The summed E-state index contributed by atoms with van der Waals surface area (Å²) in [6, 6.07) is 0. The van der Waals surface area contributed by atoms with Crippen LogP contribution in [0.4, 0.5) is 0 Å². The first-order valence-electron chi connectivity index (χ1n) is 5.27. The van der Waals surface area contributed by atoms with Gasteiger partial charge in [0, 0.05) is 12.0 Å². The molecular formula is C12H18O2. The summed E-state index contributed by atoms with van der Waals surface area (Å²) in [7, 11) is 0. The highest BCUT2D eigenvalue weighted by Crippen LogP contribution is 2.19. The standard InChI is InChI=1S/C12H18O2/c1-3-4-5-6-10(2)9-11-7-8-14-12(11)13/h7H,2-6,8-9H2,1H3. The van der Waals surface area contributed by atoms with Crippen LogP contribution in [0.2, 0.25) is 0 Å². The third-order valence-corrected chi connectivity index (χ3v) is 2.38. The van der Waals surface area contributed by atoms with Gasteiger partial charge in [-0.15, -0.1) is 0 Å². The number of carbonyl (C=O) groups is 1. The van der Waals surface area contributed by atoms with E-state index in [1.54, 1.807) is 0 Å². The van der Waals surface area contributed by atoms with Crippen LogP contribution in [0.15, 0.2) is 23.8 Å². The number of esters is 1. The van der Waals surface area contributed by atoms with Gasteiger partial charge in [0.1, 0.15) is 6.61 Å². The molecule has 0 aromatic heterocycles. The van der Waals surface area contributed by atoms with Crippen LogP contribution in [0.25, 0.3) is 0 Å². The van der Waals surface area contributed by atoms with E-state index in [-0.39, 0.29) is 5.97 Å². The zero-order valence-corrected chi connectivity index (χ0v) is 8.84. The molecule has 14 heavy (non-hydrogen) atoms. The molecule has 0 unspecified atom stereocenters. The zero-order chi connectivity index (χ0) is 10.4. The molecule has 0 fully saturated rings. The van der Waals surface area contributed by atoms with E-state index in [4.69, 9.17) is 4.74 Å². The molecule has 0 saturated carbocycles. The smallest absolute Gasteiger partial charge is 0.334 e. The van der Waals surface area contributed by atoms with Gasteiger partial charge in [0.15, 0.2) is 0 Å². The predicted molar refractivity (Wildman–Crippen MR) is 56.9 cm³/mol. The van der Waals surface area contributed by atoms with E-state index in [0.717, 1.165) is 17.6 Å². The molecule has 0 spiro atoms. The Kier molecular flexibility index (Phi) is 4.44. The Morgan fingerprint density at radius 1 is 1.57 bits per heavy atom. The van der Waals surface area contributed by atoms with E-state index >= 15 is 0 Å². The second-order valence-electron chi connectivity index (χ2n) is 3.71. The summed E-state index contributed by atoms with van der Waals surface area (Å²) in [4.78, 5) is 11.1. The van der Waals surface area contributed by atoms with Crippen LogP contribution in [0.3, 0.4) is 0 Å². The van der Waals surface area contributed by atoms with Gasteiger partial charge >= 0.3 is 5.97 Å². The van der Waals surface area contributed by atoms with Gasteiger partial charge in [-0.1, -0.05) is 31.9 Å². The van der Waals surface area contributed by atoms with Crippen molar-refractivity contribution in [3.8, 4) is 0 Å². The maximum atomic E-state index is 11.1. The average Bonchev–Trinajstić information content (AvgIpc) is 2.52. The molecular weight excluding hydrogens is 176 g/mol. The molecule has 1 aliphatic rings. The third kappa shape index (κ3) is 3.36. The van der Waals surface area contributed by atoms with Crippen molar-refractivity contribution in [3.05, 3.63) is 23.8 Å². The Morgan fingerprint density at radius 2 is 2.36 bits per heavy atom. The topological polar surface area (TPSA) is 26.3 Å². The number of carbonyl (C=O) groups excluding carboxylic acids is 1. The highest BCUT2D eigenvalue weighted by atomic mass is 16.5. The van der Waals surface area contributed by atoms with Crippen molar-refractivity contribution in [2.75, 3.05) is 6.61 Å². The van der Waals surface area contributed by atoms with Gasteiger partial charge in [0.05, 0.1) is 0 Å². The average molecular weight is 194 g/mol. The second-order valence-corrected chi connectivity index (χ2v) is 3.71. The summed E-state index contributed by atoms with van der Waals surface area (Å²) in [5.74, 6) is -0.165. The lowest BCUT2D eigenvalue weighted by atomic mass is 10.0. The van der Waals surface area contributed by atoms with Crippen molar-refractivity contribution in [1.29, 1.82) is 0 Å². The Balaban J connectivity index is 2.23. The fraction of sp³-hybridized carbons (Fsp3) is 0.583. The number of rotatable bonds is 6. The Hall–Kier alpha value is -1.05. The van der Waals surface area contributed by atoms with Gasteiger partial charge in [-0.3, -0.25) is 0 Å². The number of hydrogen-bond donors (Lipinski definition) is 0. The molecule has 1 rings (SSSR count). The normalized spacial score (nSPS) is 15.2. The van der Waals surface area contributed by atoms with Gasteiger partial charge in [0.2, 0.25) is 0 Å². The molecule has 0 aromatic rings. The Morgan fingerprint density at radius 3 is 2.93 bits per heavy atom. The summed E-state index contributed by atoms with van der Waals surface area (Å²) >= 11 is 0. The minimum atomic E-state index is -0.165. The first-order chi connectivity index (χ1) is 6.74. The highest BCUT2D eigenvalue weighted by molar-refractivity contribution is 5.90. The molecule has 1 heterocycles. The van der Waals surface area contributed by atoms with Crippen LogP contribution in [-0.4, -0.2) is 12.6 Å². The van der Waals surface area contributed by atoms with Crippen molar-refractivity contribution in [2.45, 2.75) is 39.0 Å². The highest BCUT2D eigenvalue weighted by Gasteiger charge is 2.16. The van der Waals surface area contributed by atoms with Crippen LogP contribution in [0.1, 0.15) is 39.0 Å². The number of hydrogen-bond acceptors (Lipinski definition) is 2. The summed E-state index contributed by atoms with van der Waals surface area (Å²) in [5, 5.41) is 0. The van der Waals surface area contributed by atoms with E-state index in [1.807, 2.05) is 6.08 Å². The van der Waals surface area contributed by atoms with Gasteiger partial charge in [0.25, 0.3) is 0 Å². The second kappa shape index (κ2) is 5.63. The Labute approximate surface area is 85.6 Å². The maximum Gasteiger partial charge on any atom is 0.334 e. The van der Waals surface area contributed by atoms with Crippen molar-refractivity contribution in [3.63, 3.8) is 0 Å². The predicted octanol–water partition coefficient (Wildman–Crippen LogP) is 3.00. The van der Waals surface area contributed by atoms with E-state index in [9.17, 15) is 4.79 Å². The third-order valence-electron chi connectivity index (χ3n) is 2.38. The van der Waals surface area contributed by atoms with Gasteiger partial charge in [-0.05, 0) is 18.9 Å². The molecule has 0 bridgehead atoms. The maximum absolute atomic E-state index is 11.1. The summed E-state index contributed by atoms with van der Waals surface area (Å²) in [6.07, 6.45) is 7.21. The number of ether oxygens (including phenoxy) is 1. The molecule has 1 aliphatic heterocycles. The lowest BCUT2D eigenvalue weighted by Crippen LogP contribution is -2.00. The molecule has 0 atom stereocenters. The SMILES string of the molecule is C=C(CCCCC)CC1=CCOC1=O. The lowest BCUT2D eigenvalue weighted by molar-refractivity contribution is -0.136. The van der Waals surface area contributed by atoms with Gasteiger partial charge in [-0.25, -0.2) is 4.79 Å². The fourth-order valence-corrected chi connectivity index (χ4v) is 1.52. The summed E-state index contributed by atoms with van der Waals surface area (Å²) < 4.78 is 4.82. The van der Waals surface area contributed by atoms with Crippen molar-refractivity contribution >= 4 is 5.97 Å². The van der Waals surface area contributed by atoms with E-state index in [0.29, 0.717) is 13.0 Å². The van der Waals surface area contributed by atoms with E-state index in [1.165, 1.54) is 19.3 Å². The van der Waals surface area contributed by atoms with Crippen molar-refractivity contribution in [1.82, 2.24) is 0 Å². The monoisotopic (exact) mass is 194 g/mol. The fourth-order valence-electron chi connectivity index (χ4n) is 1.52. The number of allylic oxidation sites excluding steroid dienone is 1. The molecule has 0 radical (unpaired) electrons. The molecule has 0 aliphatic carbocycles. The first kappa shape index (κ1) is 11.0. The molecule has 0 aromatic carbocycles. The van der Waals surface area contributed by atoms with E-state index < -0.39 is 0 Å². The Bertz CT molecular complexity index is 251. The number of cyclic esters (lactones) is 1. The molecule has 0 saturated heterocycles. The van der Waals surface area contributed by atoms with Crippen LogP contribution < -0.4 is 0 Å². The van der Waals surface area contributed by atoms with Crippen LogP contribution >= 0.6 is 0 Å². The molecule has 2 nitrogen and oxygen atoms in total. The summed E-state index contributed by atoms with van der Waals surface area (Å²) in [6.45, 7) is 6.60. The van der Waals surface area contributed by atoms with Crippen molar-refractivity contribution < 1.29 is 9.53 Å². The molecule has 0 N–H and O–H groups in total.